The van der Waals surface area contributed by atoms with E-state index in [1.54, 1.807) is 20.1 Å². The second kappa shape index (κ2) is 4.44. The highest BCUT2D eigenvalue weighted by atomic mass is 16.5. The Balaban J connectivity index is 2.05. The zero-order chi connectivity index (χ0) is 13.6. The van der Waals surface area contributed by atoms with Crippen LogP contribution in [0, 0.1) is 5.92 Å². The van der Waals surface area contributed by atoms with Gasteiger partial charge in [0.25, 0.3) is 0 Å². The van der Waals surface area contributed by atoms with Gasteiger partial charge in [-0.15, -0.1) is 0 Å². The van der Waals surface area contributed by atoms with Crippen LogP contribution in [0.15, 0.2) is 12.1 Å². The number of carbonyl (C=O) groups excluding carboxylic acids is 1. The van der Waals surface area contributed by atoms with Crippen molar-refractivity contribution < 1.29 is 14.6 Å². The van der Waals surface area contributed by atoms with Gasteiger partial charge in [-0.1, -0.05) is 0 Å². The van der Waals surface area contributed by atoms with Crippen molar-refractivity contribution >= 4 is 5.91 Å². The zero-order valence-corrected chi connectivity index (χ0v) is 11.3. The average Bonchev–Trinajstić information content (AvgIpc) is 3.20. The molecule has 102 valence electrons. The molecule has 1 aliphatic carbocycles. The van der Waals surface area contributed by atoms with Crippen molar-refractivity contribution in [1.82, 2.24) is 4.90 Å². The summed E-state index contributed by atoms with van der Waals surface area (Å²) >= 11 is 0. The van der Waals surface area contributed by atoms with Crippen molar-refractivity contribution in [2.45, 2.75) is 32.2 Å². The van der Waals surface area contributed by atoms with Crippen LogP contribution in [0.3, 0.4) is 0 Å². The second-order valence-corrected chi connectivity index (χ2v) is 5.47. The molecule has 4 nitrogen and oxygen atoms in total. The summed E-state index contributed by atoms with van der Waals surface area (Å²) in [6.45, 7) is 2.39. The van der Waals surface area contributed by atoms with Crippen LogP contribution in [-0.2, 0) is 11.2 Å². The lowest BCUT2D eigenvalue weighted by Gasteiger charge is -2.37. The number of amides is 1. The van der Waals surface area contributed by atoms with Crippen molar-refractivity contribution in [1.29, 1.82) is 0 Å². The molecule has 1 atom stereocenters. The number of methoxy groups -OCH3 is 1. The van der Waals surface area contributed by atoms with E-state index in [4.69, 9.17) is 4.74 Å². The Morgan fingerprint density at radius 3 is 2.74 bits per heavy atom. The quantitative estimate of drug-likeness (QED) is 0.888. The summed E-state index contributed by atoms with van der Waals surface area (Å²) in [5.74, 6) is 1.36. The van der Waals surface area contributed by atoms with Crippen LogP contribution in [0.5, 0.6) is 11.5 Å². The lowest BCUT2D eigenvalue weighted by molar-refractivity contribution is -0.132. The van der Waals surface area contributed by atoms with E-state index in [1.807, 2.05) is 11.0 Å². The van der Waals surface area contributed by atoms with Gasteiger partial charge < -0.3 is 14.7 Å². The van der Waals surface area contributed by atoms with Gasteiger partial charge in [0.2, 0.25) is 5.91 Å². The Bertz CT molecular complexity index is 522. The maximum Gasteiger partial charge on any atom is 0.219 e. The largest absolute Gasteiger partial charge is 0.504 e. The highest BCUT2D eigenvalue weighted by molar-refractivity contribution is 5.74. The number of ether oxygens (including phenoxy) is 1. The summed E-state index contributed by atoms with van der Waals surface area (Å²) in [7, 11) is 1.56. The minimum Gasteiger partial charge on any atom is -0.504 e. The van der Waals surface area contributed by atoms with Gasteiger partial charge in [0.05, 0.1) is 13.2 Å². The van der Waals surface area contributed by atoms with Crippen molar-refractivity contribution in [3.8, 4) is 11.5 Å². The van der Waals surface area contributed by atoms with Gasteiger partial charge in [-0.2, -0.15) is 0 Å². The molecule has 1 fully saturated rings. The number of fused-ring (bicyclic) bond motifs is 1. The standard InChI is InChI=1S/C15H19NO3/c1-9(17)16-6-5-11-7-14(19-2)13(18)8-12(11)15(16)10-3-4-10/h7-8,10,15,18H,3-6H2,1-2H3. The van der Waals surface area contributed by atoms with E-state index in [2.05, 4.69) is 0 Å². The van der Waals surface area contributed by atoms with Crippen LogP contribution in [-0.4, -0.2) is 29.6 Å². The fourth-order valence-corrected chi connectivity index (χ4v) is 3.10. The molecule has 1 aliphatic heterocycles. The molecular weight excluding hydrogens is 242 g/mol. The number of phenols is 1. The zero-order valence-electron chi connectivity index (χ0n) is 11.3. The number of carbonyl (C=O) groups is 1. The first-order chi connectivity index (χ1) is 9.11. The summed E-state index contributed by atoms with van der Waals surface area (Å²) in [5.41, 5.74) is 2.30. The Labute approximate surface area is 113 Å². The van der Waals surface area contributed by atoms with E-state index in [0.29, 0.717) is 11.7 Å². The highest BCUT2D eigenvalue weighted by Gasteiger charge is 2.40. The monoisotopic (exact) mass is 261 g/mol. The minimum atomic E-state index is 0.123. The van der Waals surface area contributed by atoms with Crippen LogP contribution < -0.4 is 4.74 Å². The van der Waals surface area contributed by atoms with Crippen LogP contribution in [0.4, 0.5) is 0 Å². The van der Waals surface area contributed by atoms with Gasteiger partial charge in [0, 0.05) is 13.5 Å². The van der Waals surface area contributed by atoms with Gasteiger partial charge in [-0.3, -0.25) is 4.79 Å². The van der Waals surface area contributed by atoms with E-state index in [0.717, 1.165) is 18.5 Å². The predicted octanol–water partition coefficient (Wildman–Crippen LogP) is 2.26. The molecule has 1 heterocycles. The molecule has 1 saturated carbocycles. The van der Waals surface area contributed by atoms with Gasteiger partial charge in [0.1, 0.15) is 0 Å². The molecule has 2 aliphatic rings. The van der Waals surface area contributed by atoms with Gasteiger partial charge in [0.15, 0.2) is 11.5 Å². The number of rotatable bonds is 2. The third kappa shape index (κ3) is 2.05. The lowest BCUT2D eigenvalue weighted by Crippen LogP contribution is -2.39. The minimum absolute atomic E-state index is 0.123. The predicted molar refractivity (Wildman–Crippen MR) is 71.2 cm³/mol. The highest BCUT2D eigenvalue weighted by Crippen LogP contribution is 2.49. The Hall–Kier alpha value is -1.71. The third-order valence-corrected chi connectivity index (χ3v) is 4.19. The van der Waals surface area contributed by atoms with Crippen LogP contribution in [0.25, 0.3) is 0 Å². The molecule has 0 saturated heterocycles. The van der Waals surface area contributed by atoms with Crippen LogP contribution in [0.1, 0.15) is 36.9 Å². The molecule has 1 aromatic rings. The molecular formula is C15H19NO3. The SMILES string of the molecule is COc1cc2c(cc1O)C(C1CC1)N(C(C)=O)CC2. The second-order valence-electron chi connectivity index (χ2n) is 5.47. The fourth-order valence-electron chi connectivity index (χ4n) is 3.10. The lowest BCUT2D eigenvalue weighted by atomic mass is 9.89. The smallest absolute Gasteiger partial charge is 0.219 e. The molecule has 19 heavy (non-hydrogen) atoms. The van der Waals surface area contributed by atoms with E-state index in [1.165, 1.54) is 18.4 Å². The maximum absolute atomic E-state index is 11.8. The molecule has 1 amide bonds. The number of nitrogens with zero attached hydrogens (tertiary/aromatic N) is 1. The Kier molecular flexibility index (Phi) is 2.88. The average molecular weight is 261 g/mol. The van der Waals surface area contributed by atoms with Crippen molar-refractivity contribution in [2.75, 3.05) is 13.7 Å². The topological polar surface area (TPSA) is 49.8 Å². The molecule has 0 radical (unpaired) electrons. The van der Waals surface area contributed by atoms with E-state index in [9.17, 15) is 9.90 Å². The van der Waals surface area contributed by atoms with Crippen molar-refractivity contribution in [3.63, 3.8) is 0 Å². The molecule has 4 heteroatoms. The normalized spacial score (nSPS) is 22.0. The number of aromatic hydroxyl groups is 1. The van der Waals surface area contributed by atoms with Crippen LogP contribution >= 0.6 is 0 Å². The molecule has 1 N–H and O–H groups in total. The molecule has 0 spiro atoms. The third-order valence-electron chi connectivity index (χ3n) is 4.19. The number of hydrogen-bond donors (Lipinski definition) is 1. The summed E-state index contributed by atoms with van der Waals surface area (Å²) in [6.07, 6.45) is 3.16. The first-order valence-corrected chi connectivity index (χ1v) is 6.78. The molecule has 0 bridgehead atoms. The molecule has 0 aromatic heterocycles. The molecule has 1 aromatic carbocycles. The summed E-state index contributed by atoms with van der Waals surface area (Å²) < 4.78 is 5.17. The van der Waals surface area contributed by atoms with Gasteiger partial charge in [-0.05, 0) is 48.4 Å². The molecule has 1 unspecified atom stereocenters. The van der Waals surface area contributed by atoms with E-state index < -0.39 is 0 Å². The first kappa shape index (κ1) is 12.3. The first-order valence-electron chi connectivity index (χ1n) is 6.78. The fraction of sp³-hybridized carbons (Fsp3) is 0.533. The Morgan fingerprint density at radius 1 is 1.42 bits per heavy atom. The maximum atomic E-state index is 11.8. The number of phenolic OH excluding ortho intramolecular Hbond substituents is 1. The number of hydrogen-bond acceptors (Lipinski definition) is 3. The Morgan fingerprint density at radius 2 is 2.16 bits per heavy atom. The summed E-state index contributed by atoms with van der Waals surface area (Å²) in [4.78, 5) is 13.7. The van der Waals surface area contributed by atoms with Crippen LogP contribution in [0.2, 0.25) is 0 Å². The van der Waals surface area contributed by atoms with Crippen molar-refractivity contribution in [3.05, 3.63) is 23.3 Å². The van der Waals surface area contributed by atoms with Gasteiger partial charge in [-0.25, -0.2) is 0 Å². The van der Waals surface area contributed by atoms with E-state index in [-0.39, 0.29) is 17.7 Å². The summed E-state index contributed by atoms with van der Waals surface area (Å²) in [6, 6.07) is 3.84. The molecule has 3 rings (SSSR count). The van der Waals surface area contributed by atoms with Gasteiger partial charge >= 0.3 is 0 Å². The summed E-state index contributed by atoms with van der Waals surface area (Å²) in [5, 5.41) is 9.98. The van der Waals surface area contributed by atoms with E-state index >= 15 is 0 Å². The van der Waals surface area contributed by atoms with Crippen molar-refractivity contribution in [2.24, 2.45) is 5.92 Å². The number of benzene rings is 1.